The molecule has 1 aromatic carbocycles. The van der Waals surface area contributed by atoms with Gasteiger partial charge in [-0.05, 0) is 18.1 Å². The number of methoxy groups -OCH3 is 1. The molecule has 0 N–H and O–H groups in total. The van der Waals surface area contributed by atoms with E-state index in [0.29, 0.717) is 11.3 Å². The monoisotopic (exact) mass is 197 g/mol. The van der Waals surface area contributed by atoms with Gasteiger partial charge in [-0.25, -0.2) is 4.79 Å². The predicted molar refractivity (Wildman–Crippen MR) is 54.7 cm³/mol. The number of benzene rings is 1. The molecule has 0 bridgehead atoms. The van der Waals surface area contributed by atoms with Crippen LogP contribution in [0.2, 0.25) is 0 Å². The van der Waals surface area contributed by atoms with Crippen LogP contribution in [-0.2, 0) is 4.79 Å². The number of hydrogen-bond acceptors (Lipinski definition) is 3. The average Bonchev–Trinajstić information content (AvgIpc) is 2.31. The second-order valence-electron chi connectivity index (χ2n) is 2.54. The van der Waals surface area contributed by atoms with Gasteiger partial charge in [0.2, 0.25) is 0 Å². The Bertz CT molecular complexity index is 508. The number of nitrogens with zero attached hydrogens (tertiary/aromatic N) is 1. The Labute approximate surface area is 87.6 Å². The van der Waals surface area contributed by atoms with Crippen LogP contribution in [0.3, 0.4) is 0 Å². The summed E-state index contributed by atoms with van der Waals surface area (Å²) in [6.07, 6.45) is 0. The second kappa shape index (κ2) is 5.29. The van der Waals surface area contributed by atoms with Crippen molar-refractivity contribution in [1.29, 1.82) is 5.26 Å². The fourth-order valence-electron chi connectivity index (χ4n) is 0.954. The van der Waals surface area contributed by atoms with Gasteiger partial charge < -0.3 is 4.74 Å². The smallest absolute Gasteiger partial charge is 0.186 e. The maximum Gasteiger partial charge on any atom is 0.186 e. The first-order valence-electron chi connectivity index (χ1n) is 4.12. The highest BCUT2D eigenvalue weighted by atomic mass is 16.5. The minimum absolute atomic E-state index is 0.221. The lowest BCUT2D eigenvalue weighted by Gasteiger charge is -2.00. The third-order valence-corrected chi connectivity index (χ3v) is 1.64. The molecule has 0 saturated heterocycles. The van der Waals surface area contributed by atoms with Gasteiger partial charge in [0.05, 0.1) is 12.7 Å². The largest absolute Gasteiger partial charge is 0.495 e. The summed E-state index contributed by atoms with van der Waals surface area (Å²) >= 11 is 0. The molecule has 0 spiro atoms. The maximum atomic E-state index is 10.2. The van der Waals surface area contributed by atoms with Crippen LogP contribution in [0.4, 0.5) is 0 Å². The highest BCUT2D eigenvalue weighted by molar-refractivity contribution is 5.68. The molecular formula is C12H7NO2. The van der Waals surface area contributed by atoms with Crippen molar-refractivity contribution in [3.8, 4) is 23.7 Å². The van der Waals surface area contributed by atoms with Crippen LogP contribution in [0.25, 0.3) is 0 Å². The number of carbonyl (C=O) groups excluding carboxylic acids is 1. The van der Waals surface area contributed by atoms with Crippen molar-refractivity contribution in [2.45, 2.75) is 0 Å². The summed E-state index contributed by atoms with van der Waals surface area (Å²) in [6.45, 7) is 0. The number of para-hydroxylation sites is 1. The van der Waals surface area contributed by atoms with E-state index in [0.717, 1.165) is 0 Å². The zero-order valence-corrected chi connectivity index (χ0v) is 8.07. The molecule has 0 heterocycles. The molecule has 0 aliphatic heterocycles. The van der Waals surface area contributed by atoms with E-state index < -0.39 is 0 Å². The Kier molecular flexibility index (Phi) is 3.74. The van der Waals surface area contributed by atoms with E-state index in [1.54, 1.807) is 24.3 Å². The lowest BCUT2D eigenvalue weighted by Crippen LogP contribution is -1.86. The summed E-state index contributed by atoms with van der Waals surface area (Å²) < 4.78 is 5.05. The number of nitriles is 1. The quantitative estimate of drug-likeness (QED) is 0.387. The van der Waals surface area contributed by atoms with Crippen LogP contribution in [0.1, 0.15) is 5.56 Å². The SMILES string of the molecule is COc1ccccc1C#CC(=C=O)C#N. The van der Waals surface area contributed by atoms with Gasteiger partial charge >= 0.3 is 0 Å². The van der Waals surface area contributed by atoms with Crippen LogP contribution in [0, 0.1) is 23.2 Å². The van der Waals surface area contributed by atoms with E-state index in [-0.39, 0.29) is 5.57 Å². The fraction of sp³-hybridized carbons (Fsp3) is 0.0833. The summed E-state index contributed by atoms with van der Waals surface area (Å²) in [5.41, 5.74) is 0.406. The summed E-state index contributed by atoms with van der Waals surface area (Å²) in [7, 11) is 1.53. The summed E-state index contributed by atoms with van der Waals surface area (Å²) in [5.74, 6) is 7.14. The van der Waals surface area contributed by atoms with Gasteiger partial charge in [0.25, 0.3) is 0 Å². The normalized spacial score (nSPS) is 7.73. The van der Waals surface area contributed by atoms with E-state index in [1.165, 1.54) is 13.1 Å². The molecule has 0 unspecified atom stereocenters. The molecule has 15 heavy (non-hydrogen) atoms. The van der Waals surface area contributed by atoms with Crippen molar-refractivity contribution in [1.82, 2.24) is 0 Å². The maximum absolute atomic E-state index is 10.2. The van der Waals surface area contributed by atoms with Crippen LogP contribution in [0.15, 0.2) is 29.8 Å². The van der Waals surface area contributed by atoms with Gasteiger partial charge in [-0.15, -0.1) is 0 Å². The summed E-state index contributed by atoms with van der Waals surface area (Å²) in [4.78, 5) is 10.2. The molecule has 0 saturated carbocycles. The molecule has 0 aliphatic rings. The minimum atomic E-state index is -0.221. The van der Waals surface area contributed by atoms with Crippen molar-refractivity contribution in [2.24, 2.45) is 0 Å². The predicted octanol–water partition coefficient (Wildman–Crippen LogP) is 1.33. The second-order valence-corrected chi connectivity index (χ2v) is 2.54. The first-order valence-corrected chi connectivity index (χ1v) is 4.12. The average molecular weight is 197 g/mol. The number of rotatable bonds is 1. The van der Waals surface area contributed by atoms with Gasteiger partial charge in [-0.2, -0.15) is 5.26 Å². The molecule has 72 valence electrons. The van der Waals surface area contributed by atoms with Crippen molar-refractivity contribution in [3.05, 3.63) is 35.4 Å². The summed E-state index contributed by atoms with van der Waals surface area (Å²) in [5, 5.41) is 8.45. The Morgan fingerprint density at radius 1 is 1.40 bits per heavy atom. The fourth-order valence-corrected chi connectivity index (χ4v) is 0.954. The van der Waals surface area contributed by atoms with Crippen LogP contribution in [0.5, 0.6) is 5.75 Å². The molecule has 0 amide bonds. The van der Waals surface area contributed by atoms with Gasteiger partial charge in [0.15, 0.2) is 11.5 Å². The molecular weight excluding hydrogens is 190 g/mol. The molecule has 3 heteroatoms. The third kappa shape index (κ3) is 2.74. The van der Waals surface area contributed by atoms with Crippen molar-refractivity contribution in [3.63, 3.8) is 0 Å². The van der Waals surface area contributed by atoms with Gasteiger partial charge in [0, 0.05) is 0 Å². The zero-order valence-electron chi connectivity index (χ0n) is 8.07. The highest BCUT2D eigenvalue weighted by Crippen LogP contribution is 2.15. The third-order valence-electron chi connectivity index (χ3n) is 1.64. The van der Waals surface area contributed by atoms with Gasteiger partial charge in [-0.3, -0.25) is 0 Å². The van der Waals surface area contributed by atoms with Crippen molar-refractivity contribution < 1.29 is 9.53 Å². The summed E-state index contributed by atoms with van der Waals surface area (Å²) in [6, 6.07) is 8.74. The van der Waals surface area contributed by atoms with Crippen LogP contribution < -0.4 is 4.74 Å². The van der Waals surface area contributed by atoms with Crippen LogP contribution in [-0.4, -0.2) is 13.1 Å². The van der Waals surface area contributed by atoms with E-state index in [4.69, 9.17) is 10.00 Å². The molecule has 0 aliphatic carbocycles. The molecule has 0 aromatic heterocycles. The minimum Gasteiger partial charge on any atom is -0.495 e. The molecule has 0 fully saturated rings. The lowest BCUT2D eigenvalue weighted by atomic mass is 10.2. The van der Waals surface area contributed by atoms with E-state index in [2.05, 4.69) is 11.8 Å². The van der Waals surface area contributed by atoms with Gasteiger partial charge in [0.1, 0.15) is 11.8 Å². The molecule has 0 radical (unpaired) electrons. The molecule has 0 atom stereocenters. The number of ether oxygens (including phenoxy) is 1. The zero-order chi connectivity index (χ0) is 11.1. The first kappa shape index (κ1) is 10.6. The first-order chi connectivity index (χ1) is 7.31. The number of allylic oxidation sites excluding steroid dienone is 1. The Hall–Kier alpha value is -2.48. The Morgan fingerprint density at radius 3 is 2.73 bits per heavy atom. The van der Waals surface area contributed by atoms with E-state index in [9.17, 15) is 4.79 Å². The highest BCUT2D eigenvalue weighted by Gasteiger charge is 1.96. The standard InChI is InChI=1S/C12H7NO2/c1-15-12-5-3-2-4-11(12)7-6-10(8-13)9-14/h2-5H,1H3. The Morgan fingerprint density at radius 2 is 2.13 bits per heavy atom. The topological polar surface area (TPSA) is 50.1 Å². The van der Waals surface area contributed by atoms with E-state index >= 15 is 0 Å². The van der Waals surface area contributed by atoms with Crippen LogP contribution >= 0.6 is 0 Å². The van der Waals surface area contributed by atoms with Crippen molar-refractivity contribution in [2.75, 3.05) is 7.11 Å². The Balaban J connectivity index is 3.09. The molecule has 1 rings (SSSR count). The van der Waals surface area contributed by atoms with E-state index in [1.807, 2.05) is 6.07 Å². The molecule has 3 nitrogen and oxygen atoms in total. The number of hydrogen-bond donors (Lipinski definition) is 0. The lowest BCUT2D eigenvalue weighted by molar-refractivity contribution is 0.413. The van der Waals surface area contributed by atoms with Crippen molar-refractivity contribution >= 4 is 5.94 Å². The molecule has 1 aromatic rings. The van der Waals surface area contributed by atoms with Gasteiger partial charge in [-0.1, -0.05) is 18.1 Å².